The van der Waals surface area contributed by atoms with Gasteiger partial charge in [-0.25, -0.2) is 0 Å². The highest BCUT2D eigenvalue weighted by Crippen LogP contribution is 2.48. The second-order valence-corrected chi connectivity index (χ2v) is 5.39. The average Bonchev–Trinajstić information content (AvgIpc) is 2.94. The lowest BCUT2D eigenvalue weighted by Crippen LogP contribution is -2.43. The Hall–Kier alpha value is -2.70. The van der Waals surface area contributed by atoms with Gasteiger partial charge in [-0.2, -0.15) is 13.2 Å². The number of halogens is 3. The van der Waals surface area contributed by atoms with Crippen LogP contribution in [0.5, 0.6) is 5.75 Å². The summed E-state index contributed by atoms with van der Waals surface area (Å²) in [5.74, 6) is 0.417. The Morgan fingerprint density at radius 1 is 1.08 bits per heavy atom. The van der Waals surface area contributed by atoms with Crippen LogP contribution in [0.15, 0.2) is 54.6 Å². The highest BCUT2D eigenvalue weighted by atomic mass is 19.4. The normalized spacial score (nSPS) is 20.8. The number of nitrogens with zero attached hydrogens (tertiary/aromatic N) is 1. The van der Waals surface area contributed by atoms with Gasteiger partial charge < -0.3 is 9.57 Å². The van der Waals surface area contributed by atoms with Crippen molar-refractivity contribution in [1.82, 2.24) is 0 Å². The van der Waals surface area contributed by atoms with Crippen LogP contribution in [-0.4, -0.2) is 23.9 Å². The lowest BCUT2D eigenvalue weighted by atomic mass is 9.86. The second-order valence-electron chi connectivity index (χ2n) is 5.39. The third kappa shape index (κ3) is 2.55. The molecule has 0 saturated carbocycles. The molecule has 126 valence electrons. The highest BCUT2D eigenvalue weighted by Gasteiger charge is 2.62. The van der Waals surface area contributed by atoms with E-state index < -0.39 is 18.2 Å². The van der Waals surface area contributed by atoms with E-state index in [2.05, 4.69) is 0 Å². The molecular formula is C17H14F3NO3. The molecule has 1 aliphatic heterocycles. The fourth-order valence-corrected chi connectivity index (χ4v) is 2.70. The van der Waals surface area contributed by atoms with E-state index in [-0.39, 0.29) is 16.2 Å². The maximum absolute atomic E-state index is 13.8. The van der Waals surface area contributed by atoms with Crippen LogP contribution in [0.3, 0.4) is 0 Å². The van der Waals surface area contributed by atoms with Crippen molar-refractivity contribution in [3.63, 3.8) is 0 Å². The Balaban J connectivity index is 2.04. The molecule has 2 aromatic carbocycles. The number of hydrogen-bond acceptors (Lipinski definition) is 3. The van der Waals surface area contributed by atoms with Crippen molar-refractivity contribution in [2.24, 2.45) is 0 Å². The molecule has 1 atom stereocenters. The van der Waals surface area contributed by atoms with Crippen molar-refractivity contribution in [3.05, 3.63) is 70.9 Å². The van der Waals surface area contributed by atoms with Crippen LogP contribution >= 0.6 is 0 Å². The smallest absolute Gasteiger partial charge is 0.413 e. The summed E-state index contributed by atoms with van der Waals surface area (Å²) in [7, 11) is 1.42. The molecule has 1 heterocycles. The molecule has 24 heavy (non-hydrogen) atoms. The Morgan fingerprint density at radius 3 is 2.25 bits per heavy atom. The molecule has 0 fully saturated rings. The molecule has 0 saturated heterocycles. The number of benzene rings is 2. The summed E-state index contributed by atoms with van der Waals surface area (Å²) in [5, 5.41) is 12.1. The van der Waals surface area contributed by atoms with E-state index in [1.165, 1.54) is 31.4 Å². The third-order valence-electron chi connectivity index (χ3n) is 4.00. The first-order valence-corrected chi connectivity index (χ1v) is 7.16. The molecule has 1 unspecified atom stereocenters. The number of ether oxygens (including phenoxy) is 1. The van der Waals surface area contributed by atoms with Crippen molar-refractivity contribution < 1.29 is 27.6 Å². The summed E-state index contributed by atoms with van der Waals surface area (Å²) in [6.45, 7) is 0. The lowest BCUT2D eigenvalue weighted by Gasteiger charge is -2.32. The molecule has 1 aliphatic rings. The molecule has 7 heteroatoms. The maximum Gasteiger partial charge on any atom is 0.413 e. The summed E-state index contributed by atoms with van der Waals surface area (Å²) in [4.78, 5) is 4.78. The Kier molecular flexibility index (Phi) is 3.87. The SMILES string of the molecule is COc1ccc(C2(C(F)(F)F)CC(c3ccccc3)=[N+]([O-])O2)cc1. The minimum Gasteiger partial charge on any atom is -0.497 e. The lowest BCUT2D eigenvalue weighted by molar-refractivity contribution is -0.764. The molecule has 4 nitrogen and oxygen atoms in total. The van der Waals surface area contributed by atoms with Crippen molar-refractivity contribution in [2.75, 3.05) is 7.11 Å². The average molecular weight is 337 g/mol. The first-order chi connectivity index (χ1) is 11.4. The van der Waals surface area contributed by atoms with Crippen LogP contribution in [0.2, 0.25) is 0 Å². The van der Waals surface area contributed by atoms with E-state index in [9.17, 15) is 18.4 Å². The Labute approximate surface area is 136 Å². The largest absolute Gasteiger partial charge is 0.497 e. The van der Waals surface area contributed by atoms with Gasteiger partial charge in [0, 0.05) is 10.5 Å². The van der Waals surface area contributed by atoms with Crippen molar-refractivity contribution >= 4 is 5.71 Å². The first kappa shape index (κ1) is 16.2. The standard InChI is InChI=1S/C17H14F3NO3/c1-23-14-9-7-13(8-10-14)16(17(18,19)20)11-15(21(22)24-16)12-5-3-2-4-6-12/h2-10H,11H2,1H3. The van der Waals surface area contributed by atoms with Crippen LogP contribution in [0.4, 0.5) is 13.2 Å². The van der Waals surface area contributed by atoms with E-state index in [0.29, 0.717) is 11.3 Å². The Morgan fingerprint density at radius 2 is 1.71 bits per heavy atom. The van der Waals surface area contributed by atoms with E-state index >= 15 is 0 Å². The predicted octanol–water partition coefficient (Wildman–Crippen LogP) is 3.79. The summed E-state index contributed by atoms with van der Waals surface area (Å²) < 4.78 is 46.4. The fraction of sp³-hybridized carbons (Fsp3) is 0.235. The van der Waals surface area contributed by atoms with Crippen LogP contribution in [0.1, 0.15) is 17.5 Å². The predicted molar refractivity (Wildman–Crippen MR) is 80.6 cm³/mol. The zero-order valence-electron chi connectivity index (χ0n) is 12.7. The molecule has 0 bridgehead atoms. The van der Waals surface area contributed by atoms with Gasteiger partial charge in [-0.15, -0.1) is 0 Å². The van der Waals surface area contributed by atoms with Crippen LogP contribution in [0.25, 0.3) is 0 Å². The quantitative estimate of drug-likeness (QED) is 0.801. The number of rotatable bonds is 3. The molecule has 2 aromatic rings. The molecular weight excluding hydrogens is 323 g/mol. The number of methoxy groups -OCH3 is 1. The summed E-state index contributed by atoms with van der Waals surface area (Å²) in [5.41, 5.74) is -2.54. The van der Waals surface area contributed by atoms with E-state index in [4.69, 9.17) is 9.57 Å². The van der Waals surface area contributed by atoms with E-state index in [1.807, 2.05) is 0 Å². The minimum atomic E-state index is -4.76. The molecule has 0 spiro atoms. The van der Waals surface area contributed by atoms with Gasteiger partial charge in [-0.1, -0.05) is 30.3 Å². The summed E-state index contributed by atoms with van der Waals surface area (Å²) >= 11 is 0. The van der Waals surface area contributed by atoms with Crippen molar-refractivity contribution in [1.29, 1.82) is 0 Å². The van der Waals surface area contributed by atoms with Gasteiger partial charge in [0.25, 0.3) is 5.71 Å². The monoisotopic (exact) mass is 337 g/mol. The topological polar surface area (TPSA) is 44.5 Å². The summed E-state index contributed by atoms with van der Waals surface area (Å²) in [6.07, 6.45) is -5.36. The molecule has 0 N–H and O–H groups in total. The van der Waals surface area contributed by atoms with Gasteiger partial charge in [0.1, 0.15) is 5.75 Å². The first-order valence-electron chi connectivity index (χ1n) is 7.16. The van der Waals surface area contributed by atoms with Crippen LogP contribution in [0, 0.1) is 5.21 Å². The van der Waals surface area contributed by atoms with Crippen LogP contribution in [-0.2, 0) is 10.4 Å². The van der Waals surface area contributed by atoms with Crippen LogP contribution < -0.4 is 4.74 Å². The zero-order chi connectivity index (χ0) is 17.4. The van der Waals surface area contributed by atoms with Gasteiger partial charge in [0.2, 0.25) is 5.60 Å². The number of alkyl halides is 3. The molecule has 0 radical (unpaired) electrons. The minimum absolute atomic E-state index is 0.0347. The van der Waals surface area contributed by atoms with Crippen molar-refractivity contribution in [2.45, 2.75) is 18.2 Å². The van der Waals surface area contributed by atoms with Gasteiger partial charge in [-0.05, 0) is 29.8 Å². The van der Waals surface area contributed by atoms with Gasteiger partial charge in [-0.3, -0.25) is 5.21 Å². The second kappa shape index (κ2) is 5.74. The maximum atomic E-state index is 13.8. The van der Waals surface area contributed by atoms with E-state index in [0.717, 1.165) is 0 Å². The number of hydrogen-bond donors (Lipinski definition) is 0. The molecule has 3 rings (SSSR count). The van der Waals surface area contributed by atoms with E-state index in [1.54, 1.807) is 30.3 Å². The van der Waals surface area contributed by atoms with Gasteiger partial charge >= 0.3 is 6.18 Å². The molecule has 0 aromatic heterocycles. The zero-order valence-corrected chi connectivity index (χ0v) is 12.7. The molecule has 0 amide bonds. The fourth-order valence-electron chi connectivity index (χ4n) is 2.70. The van der Waals surface area contributed by atoms with Gasteiger partial charge in [0.05, 0.1) is 13.5 Å². The molecule has 0 aliphatic carbocycles. The third-order valence-corrected chi connectivity index (χ3v) is 4.00. The highest BCUT2D eigenvalue weighted by molar-refractivity contribution is 5.98. The summed E-state index contributed by atoms with van der Waals surface area (Å²) in [6, 6.07) is 13.5. The van der Waals surface area contributed by atoms with Gasteiger partial charge in [0.15, 0.2) is 0 Å². The van der Waals surface area contributed by atoms with Crippen molar-refractivity contribution in [3.8, 4) is 5.75 Å². The Bertz CT molecular complexity index is 757.